The van der Waals surface area contributed by atoms with E-state index in [0.29, 0.717) is 27.8 Å². The average molecular weight is 594 g/mol. The van der Waals surface area contributed by atoms with E-state index in [1.165, 1.54) is 16.0 Å². The first-order valence-corrected chi connectivity index (χ1v) is 15.7. The Balaban J connectivity index is 1.99. The summed E-state index contributed by atoms with van der Waals surface area (Å²) in [4.78, 5) is 4.30. The Morgan fingerprint density at radius 1 is 0.705 bits per heavy atom. The van der Waals surface area contributed by atoms with Crippen molar-refractivity contribution in [3.8, 4) is 24.3 Å². The van der Waals surface area contributed by atoms with E-state index < -0.39 is 0 Å². The molecule has 0 spiro atoms. The fourth-order valence-corrected chi connectivity index (χ4v) is 6.77. The summed E-state index contributed by atoms with van der Waals surface area (Å²) in [6, 6.07) is 24.1. The number of thiophene rings is 1. The third-order valence-electron chi connectivity index (χ3n) is 7.80. The molecule has 0 saturated carbocycles. The molecule has 2 aromatic carbocycles. The number of fused-ring (bicyclic) bond motifs is 1. The van der Waals surface area contributed by atoms with Crippen molar-refractivity contribution in [2.24, 2.45) is 0 Å². The predicted octanol–water partition coefficient (Wildman–Crippen LogP) is 9.37. The molecule has 1 aromatic heterocycles. The van der Waals surface area contributed by atoms with Gasteiger partial charge in [-0.2, -0.15) is 21.0 Å². The molecule has 0 unspecified atom stereocenters. The number of anilines is 1. The minimum atomic E-state index is -0.0342. The number of allylic oxidation sites excluding steroid dienone is 5. The Morgan fingerprint density at radius 2 is 1.20 bits per heavy atom. The maximum atomic E-state index is 9.96. The molecule has 0 bridgehead atoms. The van der Waals surface area contributed by atoms with Crippen LogP contribution in [-0.2, 0) is 12.8 Å². The summed E-state index contributed by atoms with van der Waals surface area (Å²) in [5.41, 5.74) is 7.70. The Morgan fingerprint density at radius 3 is 1.66 bits per heavy atom. The molecule has 0 N–H and O–H groups in total. The quantitative estimate of drug-likeness (QED) is 0.218. The third kappa shape index (κ3) is 6.58. The number of rotatable bonds is 10. The van der Waals surface area contributed by atoms with Gasteiger partial charge >= 0.3 is 0 Å². The van der Waals surface area contributed by atoms with Gasteiger partial charge in [-0.15, -0.1) is 11.3 Å². The highest BCUT2D eigenvalue weighted by molar-refractivity contribution is 7.14. The van der Waals surface area contributed by atoms with Gasteiger partial charge in [-0.05, 0) is 83.4 Å². The zero-order valence-electron chi connectivity index (χ0n) is 25.7. The van der Waals surface area contributed by atoms with E-state index in [2.05, 4.69) is 79.4 Å². The van der Waals surface area contributed by atoms with Crippen molar-refractivity contribution in [2.45, 2.75) is 52.4 Å². The zero-order valence-corrected chi connectivity index (χ0v) is 26.6. The minimum absolute atomic E-state index is 0.0342. The molecule has 3 aromatic rings. The van der Waals surface area contributed by atoms with Crippen molar-refractivity contribution in [2.75, 3.05) is 19.0 Å². The second kappa shape index (κ2) is 14.8. The van der Waals surface area contributed by atoms with Crippen LogP contribution in [-0.4, -0.2) is 14.1 Å². The van der Waals surface area contributed by atoms with Gasteiger partial charge in [0, 0.05) is 40.7 Å². The molecule has 0 radical (unpaired) electrons. The first kappa shape index (κ1) is 31.8. The van der Waals surface area contributed by atoms with E-state index in [1.807, 2.05) is 44.4 Å². The number of unbranched alkanes of at least 4 members (excludes halogenated alkanes) is 2. The normalized spacial score (nSPS) is 11.9. The number of benzene rings is 2. The second-order valence-electron chi connectivity index (χ2n) is 10.9. The van der Waals surface area contributed by atoms with Gasteiger partial charge in [0.1, 0.15) is 35.4 Å². The molecule has 0 amide bonds. The Hall–Kier alpha value is -5.14. The third-order valence-corrected chi connectivity index (χ3v) is 8.99. The highest BCUT2D eigenvalue weighted by atomic mass is 32.1. The van der Waals surface area contributed by atoms with Crippen LogP contribution < -0.4 is 4.90 Å². The molecule has 6 heteroatoms. The standard InChI is InChI=1S/C38H35N5S/c1-5-7-11-30-31(12-8-6-2)36(44-35(30)20-17-26-15-18-29(19-16-26)43(3)4)21-34-37(27(22-39)23-40)32-13-9-10-14-33(32)38(34)28(24-41)25-42/h9-10,13-21H,5-8,11-12H2,1-4H3/b20-17+. The van der Waals surface area contributed by atoms with Crippen molar-refractivity contribution >= 4 is 46.4 Å². The number of nitrogens with zero attached hydrogens (tertiary/aromatic N) is 5. The molecule has 1 aliphatic carbocycles. The molecule has 44 heavy (non-hydrogen) atoms. The summed E-state index contributed by atoms with van der Waals surface area (Å²) in [5.74, 6) is 0. The SMILES string of the molecule is CCCCc1c(C=C2C(=C(C#N)C#N)c3ccccc3C2=C(C#N)C#N)sc(/C=C/c2ccc(N(C)C)cc2)c1CCCC. The maximum absolute atomic E-state index is 9.96. The van der Waals surface area contributed by atoms with Gasteiger partial charge < -0.3 is 4.90 Å². The van der Waals surface area contributed by atoms with Gasteiger partial charge in [0.25, 0.3) is 0 Å². The summed E-state index contributed by atoms with van der Waals surface area (Å²) in [7, 11) is 4.06. The van der Waals surface area contributed by atoms with Crippen molar-refractivity contribution < 1.29 is 0 Å². The Labute approximate surface area is 265 Å². The minimum Gasteiger partial charge on any atom is -0.378 e. The summed E-state index contributed by atoms with van der Waals surface area (Å²) in [5, 5.41) is 39.9. The van der Waals surface area contributed by atoms with E-state index in [9.17, 15) is 21.0 Å². The summed E-state index contributed by atoms with van der Waals surface area (Å²) in [6.07, 6.45) is 12.4. The van der Waals surface area contributed by atoms with E-state index >= 15 is 0 Å². The first-order valence-electron chi connectivity index (χ1n) is 14.9. The van der Waals surface area contributed by atoms with Gasteiger partial charge in [0.2, 0.25) is 0 Å². The van der Waals surface area contributed by atoms with Crippen molar-refractivity contribution in [1.82, 2.24) is 0 Å². The highest BCUT2D eigenvalue weighted by Crippen LogP contribution is 2.49. The lowest BCUT2D eigenvalue weighted by Gasteiger charge is -2.11. The zero-order chi connectivity index (χ0) is 31.6. The van der Waals surface area contributed by atoms with E-state index in [0.717, 1.165) is 54.7 Å². The van der Waals surface area contributed by atoms with Crippen LogP contribution in [0.4, 0.5) is 5.69 Å². The second-order valence-corrected chi connectivity index (χ2v) is 11.9. The fraction of sp³-hybridized carbons (Fsp3) is 0.263. The smallest absolute Gasteiger partial charge is 0.138 e. The predicted molar refractivity (Wildman–Crippen MR) is 182 cm³/mol. The van der Waals surface area contributed by atoms with Crippen molar-refractivity contribution in [1.29, 1.82) is 21.0 Å². The molecule has 1 heterocycles. The monoisotopic (exact) mass is 593 g/mol. The topological polar surface area (TPSA) is 98.4 Å². The number of hydrogen-bond acceptors (Lipinski definition) is 6. The molecule has 5 nitrogen and oxygen atoms in total. The van der Waals surface area contributed by atoms with Crippen LogP contribution in [0.15, 0.2) is 65.3 Å². The molecule has 4 rings (SSSR count). The molecule has 0 atom stereocenters. The van der Waals surface area contributed by atoms with Gasteiger partial charge in [-0.1, -0.05) is 69.2 Å². The lowest BCUT2D eigenvalue weighted by molar-refractivity contribution is 0.761. The molecule has 1 aliphatic rings. The first-order chi connectivity index (χ1) is 21.4. The summed E-state index contributed by atoms with van der Waals surface area (Å²) >= 11 is 1.69. The Kier molecular flexibility index (Phi) is 10.7. The summed E-state index contributed by atoms with van der Waals surface area (Å²) < 4.78 is 0. The number of hydrogen-bond donors (Lipinski definition) is 0. The van der Waals surface area contributed by atoms with Gasteiger partial charge in [-0.3, -0.25) is 0 Å². The lowest BCUT2D eigenvalue weighted by atomic mass is 9.93. The highest BCUT2D eigenvalue weighted by Gasteiger charge is 2.32. The van der Waals surface area contributed by atoms with Crippen LogP contribution in [0.5, 0.6) is 0 Å². The van der Waals surface area contributed by atoms with Crippen LogP contribution >= 0.6 is 11.3 Å². The molecule has 0 saturated heterocycles. The molecular formula is C38H35N5S. The van der Waals surface area contributed by atoms with Crippen LogP contribution in [0.1, 0.15) is 77.1 Å². The molecule has 218 valence electrons. The average Bonchev–Trinajstić information content (AvgIpc) is 3.54. The van der Waals surface area contributed by atoms with Crippen LogP contribution in [0.2, 0.25) is 0 Å². The maximum Gasteiger partial charge on any atom is 0.138 e. The van der Waals surface area contributed by atoms with Gasteiger partial charge in [0.15, 0.2) is 0 Å². The summed E-state index contributed by atoms with van der Waals surface area (Å²) in [6.45, 7) is 4.38. The lowest BCUT2D eigenvalue weighted by Crippen LogP contribution is -2.07. The van der Waals surface area contributed by atoms with Gasteiger partial charge in [-0.25, -0.2) is 0 Å². The Bertz CT molecular complexity index is 1730. The van der Waals surface area contributed by atoms with E-state index in [-0.39, 0.29) is 11.1 Å². The fourth-order valence-electron chi connectivity index (χ4n) is 5.52. The molecule has 0 fully saturated rings. The van der Waals surface area contributed by atoms with Crippen LogP contribution in [0.3, 0.4) is 0 Å². The van der Waals surface area contributed by atoms with Crippen molar-refractivity contribution in [3.05, 3.63) is 103 Å². The largest absolute Gasteiger partial charge is 0.378 e. The molecule has 0 aliphatic heterocycles. The van der Waals surface area contributed by atoms with E-state index in [1.54, 1.807) is 11.3 Å². The van der Waals surface area contributed by atoms with Crippen LogP contribution in [0, 0.1) is 45.3 Å². The van der Waals surface area contributed by atoms with Gasteiger partial charge in [0.05, 0.1) is 0 Å². The molecular weight excluding hydrogens is 559 g/mol. The van der Waals surface area contributed by atoms with E-state index in [4.69, 9.17) is 0 Å². The number of nitriles is 4. The van der Waals surface area contributed by atoms with Crippen molar-refractivity contribution in [3.63, 3.8) is 0 Å². The van der Waals surface area contributed by atoms with Crippen LogP contribution in [0.25, 0.3) is 29.4 Å².